The predicted molar refractivity (Wildman–Crippen MR) is 76.3 cm³/mol. The summed E-state index contributed by atoms with van der Waals surface area (Å²) in [5, 5.41) is 13.1. The van der Waals surface area contributed by atoms with Gasteiger partial charge < -0.3 is 5.32 Å². The van der Waals surface area contributed by atoms with Crippen LogP contribution in [-0.2, 0) is 4.79 Å². The topological polar surface area (TPSA) is 85.1 Å². The zero-order chi connectivity index (χ0) is 14.3. The monoisotopic (exact) mass is 283 g/mol. The maximum Gasteiger partial charge on any atom is 0.310 e. The molecule has 1 heterocycles. The number of hydrogen-bond donors (Lipinski definition) is 1. The number of carbonyl (C=O) groups excluding carboxylic acids is 1. The van der Waals surface area contributed by atoms with Gasteiger partial charge >= 0.3 is 5.69 Å². The standard InChI is InChI=1S/C12H17N3O3S/c1-3-4-7-19-9(2)12(16)14-10-5-6-13-8-11(10)15(17)18/h5-6,8-9H,3-4,7H2,1-2H3,(H,13,14,16)/t9-/m1/s1. The van der Waals surface area contributed by atoms with Crippen molar-refractivity contribution in [1.29, 1.82) is 0 Å². The fourth-order valence-corrected chi connectivity index (χ4v) is 2.37. The molecule has 7 heteroatoms. The van der Waals surface area contributed by atoms with Crippen LogP contribution in [0.3, 0.4) is 0 Å². The van der Waals surface area contributed by atoms with E-state index in [1.807, 2.05) is 0 Å². The van der Waals surface area contributed by atoms with Gasteiger partial charge in [-0.2, -0.15) is 0 Å². The lowest BCUT2D eigenvalue weighted by Gasteiger charge is -2.11. The zero-order valence-electron chi connectivity index (χ0n) is 11.0. The fraction of sp³-hybridized carbons (Fsp3) is 0.500. The minimum atomic E-state index is -0.558. The lowest BCUT2D eigenvalue weighted by Crippen LogP contribution is -2.23. The molecule has 19 heavy (non-hydrogen) atoms. The van der Waals surface area contributed by atoms with Gasteiger partial charge in [-0.05, 0) is 25.2 Å². The molecule has 0 aliphatic heterocycles. The maximum absolute atomic E-state index is 11.9. The van der Waals surface area contributed by atoms with Crippen LogP contribution in [0.2, 0.25) is 0 Å². The number of hydrogen-bond acceptors (Lipinski definition) is 5. The number of nitrogens with one attached hydrogen (secondary N) is 1. The number of aromatic nitrogens is 1. The second kappa shape index (κ2) is 7.73. The predicted octanol–water partition coefficient (Wildman–Crippen LogP) is 2.85. The second-order valence-corrected chi connectivity index (χ2v) is 5.45. The van der Waals surface area contributed by atoms with Gasteiger partial charge in [0, 0.05) is 6.20 Å². The lowest BCUT2D eigenvalue weighted by molar-refractivity contribution is -0.384. The Morgan fingerprint density at radius 3 is 3.00 bits per heavy atom. The van der Waals surface area contributed by atoms with Crippen LogP contribution in [0.1, 0.15) is 26.7 Å². The van der Waals surface area contributed by atoms with E-state index in [-0.39, 0.29) is 22.5 Å². The first-order chi connectivity index (χ1) is 9.06. The molecule has 0 aromatic carbocycles. The molecule has 0 saturated carbocycles. The van der Waals surface area contributed by atoms with Crippen LogP contribution in [0.15, 0.2) is 18.5 Å². The zero-order valence-corrected chi connectivity index (χ0v) is 11.8. The Morgan fingerprint density at radius 1 is 1.63 bits per heavy atom. The van der Waals surface area contributed by atoms with Crippen LogP contribution < -0.4 is 5.32 Å². The number of rotatable bonds is 7. The van der Waals surface area contributed by atoms with E-state index in [0.29, 0.717) is 0 Å². The maximum atomic E-state index is 11.9. The van der Waals surface area contributed by atoms with Gasteiger partial charge in [0.1, 0.15) is 11.9 Å². The van der Waals surface area contributed by atoms with E-state index in [2.05, 4.69) is 17.2 Å². The molecule has 0 aliphatic carbocycles. The van der Waals surface area contributed by atoms with Crippen molar-refractivity contribution in [1.82, 2.24) is 4.98 Å². The summed E-state index contributed by atoms with van der Waals surface area (Å²) >= 11 is 1.55. The smallest absolute Gasteiger partial charge is 0.310 e. The average molecular weight is 283 g/mol. The van der Waals surface area contributed by atoms with E-state index in [0.717, 1.165) is 24.8 Å². The second-order valence-electron chi connectivity index (χ2n) is 4.01. The van der Waals surface area contributed by atoms with E-state index in [4.69, 9.17) is 0 Å². The largest absolute Gasteiger partial charge is 0.319 e. The third-order valence-electron chi connectivity index (χ3n) is 2.49. The highest BCUT2D eigenvalue weighted by molar-refractivity contribution is 8.00. The van der Waals surface area contributed by atoms with Crippen LogP contribution in [-0.4, -0.2) is 26.8 Å². The minimum Gasteiger partial charge on any atom is -0.319 e. The normalized spacial score (nSPS) is 11.9. The number of nitro groups is 1. The quantitative estimate of drug-likeness (QED) is 0.472. The van der Waals surface area contributed by atoms with Crippen LogP contribution in [0.25, 0.3) is 0 Å². The molecular formula is C12H17N3O3S. The van der Waals surface area contributed by atoms with Crippen LogP contribution in [0, 0.1) is 10.1 Å². The van der Waals surface area contributed by atoms with Crippen molar-refractivity contribution in [2.24, 2.45) is 0 Å². The molecule has 1 aromatic rings. The molecule has 1 atom stereocenters. The molecule has 104 valence electrons. The Kier molecular flexibility index (Phi) is 6.27. The number of anilines is 1. The van der Waals surface area contributed by atoms with Gasteiger partial charge in [0.05, 0.1) is 10.2 Å². The summed E-state index contributed by atoms with van der Waals surface area (Å²) in [6.45, 7) is 3.88. The summed E-state index contributed by atoms with van der Waals surface area (Å²) in [6.07, 6.45) is 4.68. The number of amides is 1. The van der Waals surface area contributed by atoms with Crippen molar-refractivity contribution in [2.75, 3.05) is 11.1 Å². The molecule has 1 rings (SSSR count). The van der Waals surface area contributed by atoms with Crippen LogP contribution in [0.4, 0.5) is 11.4 Å². The first-order valence-corrected chi connectivity index (χ1v) is 7.12. The first-order valence-electron chi connectivity index (χ1n) is 6.07. The summed E-state index contributed by atoms with van der Waals surface area (Å²) in [5.74, 6) is 0.680. The third kappa shape index (κ3) is 4.86. The van der Waals surface area contributed by atoms with E-state index < -0.39 is 4.92 Å². The van der Waals surface area contributed by atoms with E-state index >= 15 is 0 Å². The number of pyridine rings is 1. The molecule has 0 fully saturated rings. The summed E-state index contributed by atoms with van der Waals surface area (Å²) in [5.41, 5.74) is -0.00505. The van der Waals surface area contributed by atoms with Crippen molar-refractivity contribution in [3.05, 3.63) is 28.6 Å². The average Bonchev–Trinajstić information content (AvgIpc) is 2.39. The SMILES string of the molecule is CCCCS[C@H](C)C(=O)Nc1ccncc1[N+](=O)[O-]. The fourth-order valence-electron chi connectivity index (χ4n) is 1.35. The van der Waals surface area contributed by atoms with E-state index in [1.165, 1.54) is 12.3 Å². The first kappa shape index (κ1) is 15.4. The lowest BCUT2D eigenvalue weighted by atomic mass is 10.3. The minimum absolute atomic E-state index is 0.188. The molecular weight excluding hydrogens is 266 g/mol. The van der Waals surface area contributed by atoms with Gasteiger partial charge in [0.2, 0.25) is 5.91 Å². The number of thioether (sulfide) groups is 1. The van der Waals surface area contributed by atoms with E-state index in [1.54, 1.807) is 18.7 Å². The Balaban J connectivity index is 2.64. The van der Waals surface area contributed by atoms with Crippen molar-refractivity contribution in [2.45, 2.75) is 31.9 Å². The number of nitrogens with zero attached hydrogens (tertiary/aromatic N) is 2. The van der Waals surface area contributed by atoms with Crippen molar-refractivity contribution in [3.63, 3.8) is 0 Å². The molecule has 0 aliphatic rings. The van der Waals surface area contributed by atoms with Gasteiger partial charge in [-0.25, -0.2) is 0 Å². The van der Waals surface area contributed by atoms with Crippen molar-refractivity contribution < 1.29 is 9.72 Å². The van der Waals surface area contributed by atoms with Crippen molar-refractivity contribution >= 4 is 29.0 Å². The molecule has 1 aromatic heterocycles. The summed E-state index contributed by atoms with van der Waals surface area (Å²) in [6, 6.07) is 1.43. The Bertz CT molecular complexity index is 454. The molecule has 0 unspecified atom stereocenters. The van der Waals surface area contributed by atoms with Gasteiger partial charge in [-0.1, -0.05) is 13.3 Å². The highest BCUT2D eigenvalue weighted by atomic mass is 32.2. The number of unbranched alkanes of at least 4 members (excludes halogenated alkanes) is 1. The van der Waals surface area contributed by atoms with Crippen molar-refractivity contribution in [3.8, 4) is 0 Å². The number of carbonyl (C=O) groups is 1. The molecule has 6 nitrogen and oxygen atoms in total. The third-order valence-corrected chi connectivity index (χ3v) is 3.73. The van der Waals surface area contributed by atoms with E-state index in [9.17, 15) is 14.9 Å². The van der Waals surface area contributed by atoms with Crippen LogP contribution in [0.5, 0.6) is 0 Å². The molecule has 0 radical (unpaired) electrons. The summed E-state index contributed by atoms with van der Waals surface area (Å²) in [7, 11) is 0. The molecule has 0 bridgehead atoms. The molecule has 1 amide bonds. The molecule has 0 saturated heterocycles. The van der Waals surface area contributed by atoms with Gasteiger partial charge in [-0.15, -0.1) is 11.8 Å². The molecule has 0 spiro atoms. The Labute approximate surface area is 116 Å². The van der Waals surface area contributed by atoms with Crippen LogP contribution >= 0.6 is 11.8 Å². The highest BCUT2D eigenvalue weighted by Gasteiger charge is 2.19. The molecule has 1 N–H and O–H groups in total. The highest BCUT2D eigenvalue weighted by Crippen LogP contribution is 2.23. The van der Waals surface area contributed by atoms with Gasteiger partial charge in [-0.3, -0.25) is 19.9 Å². The van der Waals surface area contributed by atoms with Gasteiger partial charge in [0.25, 0.3) is 0 Å². The Morgan fingerprint density at radius 2 is 2.37 bits per heavy atom. The summed E-state index contributed by atoms with van der Waals surface area (Å²) < 4.78 is 0. The summed E-state index contributed by atoms with van der Waals surface area (Å²) in [4.78, 5) is 25.8. The van der Waals surface area contributed by atoms with Gasteiger partial charge in [0.15, 0.2) is 0 Å². The Hall–Kier alpha value is -1.63.